The number of carbonyl (C=O) groups excluding carboxylic acids is 1. The van der Waals surface area contributed by atoms with E-state index < -0.39 is 0 Å². The van der Waals surface area contributed by atoms with E-state index in [0.29, 0.717) is 12.3 Å². The van der Waals surface area contributed by atoms with Crippen molar-refractivity contribution in [3.63, 3.8) is 0 Å². The van der Waals surface area contributed by atoms with E-state index in [2.05, 4.69) is 55.7 Å². The Bertz CT molecular complexity index is 1370. The number of hydrogen-bond acceptors (Lipinski definition) is 8. The fraction of sp³-hybridized carbons (Fsp3) is 0.419. The smallest absolute Gasteiger partial charge is 0.207 e. The lowest BCUT2D eigenvalue weighted by Crippen LogP contribution is -2.16. The second kappa shape index (κ2) is 17.3. The van der Waals surface area contributed by atoms with Gasteiger partial charge in [0.15, 0.2) is 11.6 Å². The first-order valence-corrected chi connectivity index (χ1v) is 13.9. The number of aromatic nitrogens is 7. The number of rotatable bonds is 7. The van der Waals surface area contributed by atoms with Crippen LogP contribution >= 0.6 is 0 Å². The zero-order chi connectivity index (χ0) is 31.1. The average Bonchev–Trinajstić information content (AvgIpc) is 3.63. The Balaban J connectivity index is 0.000000267. The van der Waals surface area contributed by atoms with Crippen LogP contribution in [0.5, 0.6) is 0 Å². The number of hydrogen-bond donors (Lipinski definition) is 4. The molecule has 1 saturated carbocycles. The molecule has 4 aromatic rings. The van der Waals surface area contributed by atoms with Crippen molar-refractivity contribution in [3.05, 3.63) is 71.2 Å². The van der Waals surface area contributed by atoms with E-state index in [9.17, 15) is 4.79 Å². The highest BCUT2D eigenvalue weighted by molar-refractivity contribution is 5.52. The molecule has 11 heteroatoms. The Morgan fingerprint density at radius 2 is 1.76 bits per heavy atom. The van der Waals surface area contributed by atoms with Crippen LogP contribution in [0.25, 0.3) is 5.82 Å². The molecule has 1 atom stereocenters. The van der Waals surface area contributed by atoms with Crippen LogP contribution < -0.4 is 10.6 Å². The number of aromatic amines is 1. The quantitative estimate of drug-likeness (QED) is 0.177. The number of aliphatic hydroxyl groups is 1. The molecule has 0 unspecified atom stereocenters. The van der Waals surface area contributed by atoms with Gasteiger partial charge in [-0.2, -0.15) is 10.2 Å². The van der Waals surface area contributed by atoms with Crippen molar-refractivity contribution in [2.24, 2.45) is 5.92 Å². The molecule has 1 amide bonds. The van der Waals surface area contributed by atoms with Crippen LogP contribution in [-0.4, -0.2) is 53.6 Å². The van der Waals surface area contributed by atoms with Crippen molar-refractivity contribution in [2.45, 2.75) is 72.3 Å². The summed E-state index contributed by atoms with van der Waals surface area (Å²) in [6, 6.07) is 7.72. The molecular formula is C31H43N9O2. The van der Waals surface area contributed by atoms with Gasteiger partial charge in [0, 0.05) is 48.9 Å². The molecule has 1 aliphatic carbocycles. The van der Waals surface area contributed by atoms with Gasteiger partial charge in [-0.15, -0.1) is 12.8 Å². The van der Waals surface area contributed by atoms with Gasteiger partial charge in [0.2, 0.25) is 6.41 Å². The number of carbonyl (C=O) groups is 1. The summed E-state index contributed by atoms with van der Waals surface area (Å²) in [6.07, 6.45) is 19.1. The number of H-pyrrole nitrogens is 1. The number of nitrogens with zero attached hydrogens (tertiary/aromatic N) is 6. The minimum atomic E-state index is -0.0339. The van der Waals surface area contributed by atoms with E-state index in [4.69, 9.17) is 10.1 Å². The lowest BCUT2D eigenvalue weighted by Gasteiger charge is -2.25. The van der Waals surface area contributed by atoms with Crippen molar-refractivity contribution in [1.29, 1.82) is 0 Å². The van der Waals surface area contributed by atoms with Crippen molar-refractivity contribution in [3.8, 4) is 18.7 Å². The van der Waals surface area contributed by atoms with Crippen molar-refractivity contribution >= 4 is 18.0 Å². The highest BCUT2D eigenvalue weighted by atomic mass is 16.2. The molecule has 42 heavy (non-hydrogen) atoms. The van der Waals surface area contributed by atoms with E-state index in [0.717, 1.165) is 58.8 Å². The third-order valence-electron chi connectivity index (χ3n) is 6.75. The Morgan fingerprint density at radius 3 is 2.31 bits per heavy atom. The summed E-state index contributed by atoms with van der Waals surface area (Å²) in [6.45, 7) is 10.2. The summed E-state index contributed by atoms with van der Waals surface area (Å²) in [5, 5.41) is 24.2. The molecule has 0 aliphatic heterocycles. The number of aliphatic hydroxyl groups excluding tert-OH is 1. The second-order valence-electron chi connectivity index (χ2n) is 10.2. The molecule has 4 heterocycles. The lowest BCUT2D eigenvalue weighted by molar-refractivity contribution is -0.110. The topological polar surface area (TPSA) is 147 Å². The van der Waals surface area contributed by atoms with Crippen molar-refractivity contribution < 1.29 is 9.90 Å². The van der Waals surface area contributed by atoms with Gasteiger partial charge in [-0.25, -0.2) is 19.6 Å². The summed E-state index contributed by atoms with van der Waals surface area (Å²) in [7, 11) is 1.00. The van der Waals surface area contributed by atoms with E-state index in [1.165, 1.54) is 25.7 Å². The number of aryl methyl sites for hydroxylation is 3. The third-order valence-corrected chi connectivity index (χ3v) is 6.75. The van der Waals surface area contributed by atoms with Gasteiger partial charge < -0.3 is 15.7 Å². The predicted molar refractivity (Wildman–Crippen MR) is 165 cm³/mol. The molecule has 0 spiro atoms. The lowest BCUT2D eigenvalue weighted by atomic mass is 9.82. The Kier molecular flexibility index (Phi) is 13.9. The summed E-state index contributed by atoms with van der Waals surface area (Å²) < 4.78 is 1.72. The summed E-state index contributed by atoms with van der Waals surface area (Å²) in [4.78, 5) is 24.0. The van der Waals surface area contributed by atoms with Crippen LogP contribution in [0, 0.1) is 39.5 Å². The number of anilines is 2. The van der Waals surface area contributed by atoms with Crippen LogP contribution in [0.1, 0.15) is 79.8 Å². The van der Waals surface area contributed by atoms with Crippen LogP contribution in [0.2, 0.25) is 0 Å². The molecule has 4 N–H and O–H groups in total. The van der Waals surface area contributed by atoms with Gasteiger partial charge in [-0.1, -0.05) is 25.8 Å². The first kappa shape index (κ1) is 33.6. The molecule has 0 saturated heterocycles. The fourth-order valence-electron chi connectivity index (χ4n) is 4.50. The van der Waals surface area contributed by atoms with Crippen LogP contribution in [-0.2, 0) is 4.79 Å². The third kappa shape index (κ3) is 10.1. The van der Waals surface area contributed by atoms with Crippen molar-refractivity contribution in [1.82, 2.24) is 40.2 Å². The minimum absolute atomic E-state index is 0.0339. The van der Waals surface area contributed by atoms with E-state index in [-0.39, 0.29) is 6.04 Å². The molecule has 4 aromatic heterocycles. The molecule has 1 fully saturated rings. The molecule has 11 nitrogen and oxygen atoms in total. The van der Waals surface area contributed by atoms with Crippen LogP contribution in [0.3, 0.4) is 0 Å². The number of terminal acetylenes is 1. The average molecular weight is 574 g/mol. The highest BCUT2D eigenvalue weighted by Gasteiger charge is 2.22. The standard InChI is InChI=1S/C16H23N5.C12H14N4O.C2H2.CH4O/c1-10-4-6-13(7-5-10)16-17-11(2)8-14(19-16)18-15-9-12(3)20-21-15;1-9-5-15-16(7-9)12-4-3-11(6-13-12)10(2)14-8-17;2*1-2/h8-10,13H,4-7H2,1-3H3,(H2,17,18,19,20,21);3-8,10H,1-2H3,(H,14,17);1-2H;2H,1H3/t;10-;;/m.0../s1. The number of amides is 1. The fourth-order valence-corrected chi connectivity index (χ4v) is 4.50. The van der Waals surface area contributed by atoms with Crippen molar-refractivity contribution in [2.75, 3.05) is 12.4 Å². The zero-order valence-corrected chi connectivity index (χ0v) is 25.4. The Morgan fingerprint density at radius 1 is 1.05 bits per heavy atom. The van der Waals surface area contributed by atoms with E-state index >= 15 is 0 Å². The Hall–Kier alpha value is -4.56. The maximum atomic E-state index is 10.3. The van der Waals surface area contributed by atoms with Gasteiger partial charge in [0.1, 0.15) is 11.6 Å². The second-order valence-corrected chi connectivity index (χ2v) is 10.2. The predicted octanol–water partition coefficient (Wildman–Crippen LogP) is 5.09. The number of pyridine rings is 1. The molecular weight excluding hydrogens is 530 g/mol. The maximum Gasteiger partial charge on any atom is 0.207 e. The minimum Gasteiger partial charge on any atom is -0.400 e. The van der Waals surface area contributed by atoms with Gasteiger partial charge >= 0.3 is 0 Å². The van der Waals surface area contributed by atoms with Crippen LogP contribution in [0.4, 0.5) is 11.6 Å². The molecule has 224 valence electrons. The molecule has 0 aromatic carbocycles. The summed E-state index contributed by atoms with van der Waals surface area (Å²) >= 11 is 0. The molecule has 0 bridgehead atoms. The Labute approximate surface area is 248 Å². The van der Waals surface area contributed by atoms with Gasteiger partial charge in [0.25, 0.3) is 0 Å². The maximum absolute atomic E-state index is 10.3. The molecule has 1 aliphatic rings. The van der Waals surface area contributed by atoms with Gasteiger partial charge in [-0.3, -0.25) is 9.89 Å². The SMILES string of the molecule is C#C.CO.Cc1cc(Nc2cc(C)[nH]n2)nc(C2CCC(C)CC2)n1.Cc1cnn(-c2ccc([C@H](C)NC=O)cn2)c1. The van der Waals surface area contributed by atoms with Crippen LogP contribution in [0.15, 0.2) is 42.9 Å². The zero-order valence-electron chi connectivity index (χ0n) is 25.4. The first-order chi connectivity index (χ1) is 20.3. The monoisotopic (exact) mass is 573 g/mol. The number of nitrogens with one attached hydrogen (secondary N) is 3. The highest BCUT2D eigenvalue weighted by Crippen LogP contribution is 2.34. The van der Waals surface area contributed by atoms with Gasteiger partial charge in [0.05, 0.1) is 12.2 Å². The van der Waals surface area contributed by atoms with E-state index in [1.54, 1.807) is 17.1 Å². The summed E-state index contributed by atoms with van der Waals surface area (Å²) in [5.74, 6) is 4.73. The van der Waals surface area contributed by atoms with Gasteiger partial charge in [-0.05, 0) is 63.6 Å². The first-order valence-electron chi connectivity index (χ1n) is 13.9. The normalized spacial score (nSPS) is 16.2. The summed E-state index contributed by atoms with van der Waals surface area (Å²) in [5.41, 5.74) is 4.09. The largest absolute Gasteiger partial charge is 0.400 e. The van der Waals surface area contributed by atoms with E-state index in [1.807, 2.05) is 58.2 Å². The molecule has 5 rings (SSSR count). The molecule has 0 radical (unpaired) electrons.